The molecule has 2 aromatic carbocycles. The number of aromatic hydroxyl groups is 1. The van der Waals surface area contributed by atoms with Crippen LogP contribution in [0.5, 0.6) is 11.5 Å². The molecule has 558 valence electrons. The lowest BCUT2D eigenvalue weighted by molar-refractivity contribution is -0.147. The number of nitrogens with zero attached hydrogens (tertiary/aromatic N) is 7. The minimum absolute atomic E-state index is 0.0234. The lowest BCUT2D eigenvalue weighted by atomic mass is 9.82. The van der Waals surface area contributed by atoms with Crippen molar-refractivity contribution in [2.24, 2.45) is 17.6 Å². The molecule has 6 aliphatic rings. The van der Waals surface area contributed by atoms with Gasteiger partial charge in [-0.2, -0.15) is 8.42 Å². The third kappa shape index (κ3) is 19.8. The van der Waals surface area contributed by atoms with Crippen LogP contribution < -0.4 is 46.7 Å². The van der Waals surface area contributed by atoms with E-state index < -0.39 is 181 Å². The zero-order chi connectivity index (χ0) is 73.1. The van der Waals surface area contributed by atoms with E-state index in [4.69, 9.17) is 20.4 Å². The average Bonchev–Trinajstić information content (AvgIpc) is 1.64. The molecule has 6 heterocycles. The standard InChI is InChI=1S/C67H94N14O19S2/c1-35-33-81-57(58(35)89)62(93)71-32-43(83)26-47(70-29-37-8-11-40(12-9-37)63-77-78-64(101-63)41-15-13-39(14-16-41)42-30-72-67(73-31-42)79-22-18-46(19-23-79)99-45-6-4-3-5-7-45)59(90)74-54(36(2)82)65(94)80-34-44(84)27-48(80)60(91)75-55(50(86)24-38-10-17-49(85)52(25-38)100-102(96,97)98)61(92)76-56(66(81)95)51(87)28-53(88)69-21-20-68/h10,13-17,25,30-31,35-37,40,43-48,50-51,54-58,70,82-87,89H,3-9,11-12,18-24,26-29,32-34,68H2,1-2H3,(H,69,88)(H,71,93)(H,74,90)(H,75,91)(H,76,92)(H,96,97,98)/t35-,36+,37-,40-,43+,44+,47-,48-,50+,51+,54-,55-,56-,57-,58-/m0/s1. The SMILES string of the molecule is C[C@@H](O)[C@@H]1NC(=O)[C@@H](NC[C@H]2CC[C@H](c3nnc(-c4ccc(-c5cnc(N6CCC(OC7CCCCC7)CC6)nc5)cc4)s3)CC2)C[C@@H](O)CNC(=O)[C@@H]2[C@@H](O)[C@@H](C)CN2C(=O)[C@H]([C@H](O)CC(=O)NCCN)NC(=O)[C@H]([C@H](O)Cc2ccc(O)c(OS(=O)(=O)O)c2)NC(=O)[C@@H]2C[C@@H](O)CN2C1=O. The summed E-state index contributed by atoms with van der Waals surface area (Å²) in [6.07, 6.45) is 2.05. The van der Waals surface area contributed by atoms with Crippen molar-refractivity contribution in [3.8, 4) is 33.2 Å². The molecule has 2 aromatic heterocycles. The zero-order valence-electron chi connectivity index (χ0n) is 56.9. The normalized spacial score (nSPS) is 28.2. The highest BCUT2D eigenvalue weighted by molar-refractivity contribution is 7.81. The molecule has 7 amide bonds. The van der Waals surface area contributed by atoms with Gasteiger partial charge in [-0.1, -0.05) is 67.9 Å². The number of aliphatic hydroxyl groups is 6. The van der Waals surface area contributed by atoms with Gasteiger partial charge in [0.1, 0.15) is 40.2 Å². The van der Waals surface area contributed by atoms with Crippen LogP contribution in [0.1, 0.15) is 120 Å². The van der Waals surface area contributed by atoms with Gasteiger partial charge in [-0.3, -0.25) is 38.1 Å². The lowest BCUT2D eigenvalue weighted by Gasteiger charge is -2.34. The first-order valence-corrected chi connectivity index (χ1v) is 37.1. The van der Waals surface area contributed by atoms with E-state index in [1.807, 2.05) is 36.7 Å². The van der Waals surface area contributed by atoms with Crippen molar-refractivity contribution in [2.75, 3.05) is 57.3 Å². The maximum absolute atomic E-state index is 14.9. The van der Waals surface area contributed by atoms with Crippen molar-refractivity contribution >= 4 is 69.0 Å². The second-order valence-corrected chi connectivity index (χ2v) is 29.7. The van der Waals surface area contributed by atoms with Crippen LogP contribution in [0.2, 0.25) is 0 Å². The number of amides is 7. The van der Waals surface area contributed by atoms with Crippen molar-refractivity contribution in [1.29, 1.82) is 0 Å². The number of β-amino-alcohol motifs (C(OH)–C–C–N with tert-alkyl or cyclic N) is 1. The van der Waals surface area contributed by atoms with Gasteiger partial charge in [0.25, 0.3) is 0 Å². The number of rotatable bonds is 20. The van der Waals surface area contributed by atoms with E-state index in [1.54, 1.807) is 0 Å². The number of nitrogens with two attached hydrogens (primary N) is 1. The number of ether oxygens (including phenoxy) is 1. The monoisotopic (exact) mass is 1460 g/mol. The summed E-state index contributed by atoms with van der Waals surface area (Å²) in [5.41, 5.74) is 8.20. The molecule has 2 aliphatic carbocycles. The first-order valence-electron chi connectivity index (χ1n) is 34.9. The molecule has 4 aliphatic heterocycles. The Morgan fingerprint density at radius 3 is 2.08 bits per heavy atom. The van der Waals surface area contributed by atoms with Crippen molar-refractivity contribution in [3.05, 3.63) is 65.4 Å². The largest absolute Gasteiger partial charge is 0.504 e. The van der Waals surface area contributed by atoms with Gasteiger partial charge < -0.3 is 97.0 Å². The van der Waals surface area contributed by atoms with Crippen LogP contribution in [0.15, 0.2) is 54.9 Å². The van der Waals surface area contributed by atoms with Crippen LogP contribution in [0, 0.1) is 11.8 Å². The summed E-state index contributed by atoms with van der Waals surface area (Å²) in [7, 11) is -5.23. The van der Waals surface area contributed by atoms with Crippen molar-refractivity contribution in [2.45, 2.75) is 201 Å². The number of aromatic nitrogens is 4. The minimum atomic E-state index is -5.23. The fraction of sp³-hybridized carbons (Fsp3) is 0.627. The maximum Gasteiger partial charge on any atom is 0.446 e. The summed E-state index contributed by atoms with van der Waals surface area (Å²) in [5, 5.41) is 106. The molecule has 33 nitrogen and oxygen atoms in total. The van der Waals surface area contributed by atoms with E-state index in [1.165, 1.54) is 44.4 Å². The Bertz CT molecular complexity index is 3670. The Morgan fingerprint density at radius 1 is 0.745 bits per heavy atom. The Kier molecular flexibility index (Phi) is 26.2. The number of hydrogen-bond donors (Lipinski definition) is 15. The molecule has 0 unspecified atom stereocenters. The number of aliphatic hydroxyl groups excluding tert-OH is 6. The number of phenols is 1. The molecule has 2 saturated carbocycles. The highest BCUT2D eigenvalue weighted by Crippen LogP contribution is 2.39. The van der Waals surface area contributed by atoms with Crippen molar-refractivity contribution < 1.29 is 91.2 Å². The summed E-state index contributed by atoms with van der Waals surface area (Å²) in [4.78, 5) is 115. The molecule has 4 saturated heterocycles. The average molecular weight is 1460 g/mol. The summed E-state index contributed by atoms with van der Waals surface area (Å²) < 4.78 is 43.5. The lowest BCUT2D eigenvalue weighted by Crippen LogP contribution is -2.64. The van der Waals surface area contributed by atoms with Crippen molar-refractivity contribution in [1.82, 2.24) is 61.9 Å². The maximum atomic E-state index is 14.9. The molecular formula is C67H94N14O19S2. The molecule has 16 N–H and O–H groups in total. The van der Waals surface area contributed by atoms with Gasteiger partial charge in [-0.05, 0) is 100 Å². The van der Waals surface area contributed by atoms with Crippen LogP contribution in [0.3, 0.4) is 0 Å². The molecule has 0 bridgehead atoms. The smallest absolute Gasteiger partial charge is 0.446 e. The highest BCUT2D eigenvalue weighted by atomic mass is 32.3. The summed E-state index contributed by atoms with van der Waals surface area (Å²) >= 11 is 1.51. The van der Waals surface area contributed by atoms with E-state index in [-0.39, 0.29) is 49.7 Å². The molecule has 0 radical (unpaired) electrons. The number of hydrogen-bond acceptors (Lipinski definition) is 26. The number of nitrogens with one attached hydrogen (secondary N) is 6. The second kappa shape index (κ2) is 34.7. The Balaban J connectivity index is 0.835. The molecule has 10 rings (SSSR count). The van der Waals surface area contributed by atoms with E-state index in [9.17, 15) is 82.3 Å². The fourth-order valence-corrected chi connectivity index (χ4v) is 15.7. The predicted octanol–water partition coefficient (Wildman–Crippen LogP) is -1.59. The number of carbonyl (C=O) groups excluding carboxylic acids is 7. The van der Waals surface area contributed by atoms with Gasteiger partial charge in [-0.15, -0.1) is 10.2 Å². The summed E-state index contributed by atoms with van der Waals surface area (Å²) in [6, 6.07) is -0.216. The number of fused-ring (bicyclic) bond motifs is 2. The number of piperidine rings is 1. The van der Waals surface area contributed by atoms with Gasteiger partial charge in [0.15, 0.2) is 11.5 Å². The van der Waals surface area contributed by atoms with E-state index >= 15 is 0 Å². The van der Waals surface area contributed by atoms with E-state index in [0.717, 1.165) is 106 Å². The Labute approximate surface area is 594 Å². The van der Waals surface area contributed by atoms with Gasteiger partial charge in [0.05, 0.1) is 61.3 Å². The minimum Gasteiger partial charge on any atom is -0.504 e. The van der Waals surface area contributed by atoms with Crippen LogP contribution in [0.25, 0.3) is 21.7 Å². The zero-order valence-corrected chi connectivity index (χ0v) is 58.5. The Morgan fingerprint density at radius 2 is 1.40 bits per heavy atom. The van der Waals surface area contributed by atoms with E-state index in [0.29, 0.717) is 24.9 Å². The van der Waals surface area contributed by atoms with Gasteiger partial charge >= 0.3 is 10.4 Å². The van der Waals surface area contributed by atoms with Crippen LogP contribution >= 0.6 is 11.3 Å². The molecule has 13 atom stereocenters. The Hall–Kier alpha value is -7.68. The van der Waals surface area contributed by atoms with Gasteiger partial charge in [0, 0.05) is 94.0 Å². The van der Waals surface area contributed by atoms with Gasteiger partial charge in [-0.25, -0.2) is 9.97 Å². The summed E-state index contributed by atoms with van der Waals surface area (Å²) in [5.74, 6) is -9.53. The third-order valence-corrected chi connectivity index (χ3v) is 21.5. The number of phenolic OH excluding ortho intramolecular Hbond substituents is 1. The van der Waals surface area contributed by atoms with Crippen LogP contribution in [-0.4, -0.2) is 257 Å². The third-order valence-electron chi connectivity index (χ3n) is 20.0. The molecule has 35 heteroatoms. The molecule has 0 spiro atoms. The topological polar surface area (TPSA) is 493 Å². The molecule has 102 heavy (non-hydrogen) atoms. The fourth-order valence-electron chi connectivity index (χ4n) is 14.3. The van der Waals surface area contributed by atoms with Crippen LogP contribution in [-0.2, 0) is 55.1 Å². The van der Waals surface area contributed by atoms with Crippen molar-refractivity contribution in [3.63, 3.8) is 0 Å². The first kappa shape index (κ1) is 76.9. The quantitative estimate of drug-likeness (QED) is 0.0444. The number of benzene rings is 2. The molecule has 4 aromatic rings. The van der Waals surface area contributed by atoms with Crippen LogP contribution in [0.4, 0.5) is 5.95 Å². The second-order valence-electron chi connectivity index (χ2n) is 27.7. The highest BCUT2D eigenvalue weighted by Gasteiger charge is 2.50. The first-order chi connectivity index (χ1) is 48.7. The predicted molar refractivity (Wildman–Crippen MR) is 367 cm³/mol. The van der Waals surface area contributed by atoms with Gasteiger partial charge in [0.2, 0.25) is 47.3 Å². The summed E-state index contributed by atoms with van der Waals surface area (Å²) in [6.45, 7) is 2.94. The van der Waals surface area contributed by atoms with E-state index in [2.05, 4.69) is 51.2 Å². The molecular weight excluding hydrogens is 1370 g/mol. The number of carbonyl (C=O) groups is 7. The number of anilines is 1. The molecule has 6 fully saturated rings.